The second-order valence-electron chi connectivity index (χ2n) is 6.42. The van der Waals surface area contributed by atoms with Gasteiger partial charge in [-0.05, 0) is 12.8 Å². The molecule has 0 aromatic rings. The highest BCUT2D eigenvalue weighted by atomic mass is 16.4. The van der Waals surface area contributed by atoms with Crippen molar-refractivity contribution in [3.63, 3.8) is 0 Å². The first-order valence-corrected chi connectivity index (χ1v) is 9.74. The molecule has 0 aromatic carbocycles. The van der Waals surface area contributed by atoms with E-state index in [2.05, 4.69) is 18.3 Å². The Morgan fingerprint density at radius 2 is 1.33 bits per heavy atom. The van der Waals surface area contributed by atoms with Crippen LogP contribution in [0.2, 0.25) is 0 Å². The zero-order chi connectivity index (χ0) is 17.9. The Morgan fingerprint density at radius 3 is 1.88 bits per heavy atom. The number of unbranched alkanes of at least 4 members (excludes halogenated alkanes) is 11. The zero-order valence-corrected chi connectivity index (χ0v) is 15.5. The number of carboxylic acid groups (broad SMARTS) is 1. The summed E-state index contributed by atoms with van der Waals surface area (Å²) in [7, 11) is 0. The van der Waals surface area contributed by atoms with Gasteiger partial charge >= 0.3 is 5.97 Å². The Hall–Kier alpha value is -1.32. The molecule has 139 valence electrons. The normalized spacial score (nSPS) is 11.0. The molecular weight excluding hydrogens is 302 g/mol. The number of carbonyl (C=O) groups is 2. The maximum atomic E-state index is 11.2. The number of hydrogen-bond acceptors (Lipinski definition) is 2. The number of amides is 1. The van der Waals surface area contributed by atoms with Gasteiger partial charge in [0.1, 0.15) is 0 Å². The van der Waals surface area contributed by atoms with E-state index in [1.165, 1.54) is 70.6 Å². The molecule has 0 aliphatic carbocycles. The van der Waals surface area contributed by atoms with Gasteiger partial charge in [0.15, 0.2) is 0 Å². The molecule has 24 heavy (non-hydrogen) atoms. The molecule has 0 saturated carbocycles. The van der Waals surface area contributed by atoms with Crippen molar-refractivity contribution >= 4 is 11.9 Å². The van der Waals surface area contributed by atoms with Gasteiger partial charge in [-0.2, -0.15) is 0 Å². The molecule has 1 radical (unpaired) electrons. The third kappa shape index (κ3) is 18.7. The fourth-order valence-electron chi connectivity index (χ4n) is 2.57. The van der Waals surface area contributed by atoms with Crippen LogP contribution >= 0.6 is 0 Å². The minimum atomic E-state index is -0.953. The van der Waals surface area contributed by atoms with Crippen molar-refractivity contribution in [1.29, 1.82) is 0 Å². The maximum absolute atomic E-state index is 11.2. The average molecular weight is 339 g/mol. The first kappa shape index (κ1) is 22.7. The topological polar surface area (TPSA) is 68.5 Å². The maximum Gasteiger partial charge on any atom is 0.303 e. The lowest BCUT2D eigenvalue weighted by atomic mass is 10.1. The van der Waals surface area contributed by atoms with E-state index < -0.39 is 5.97 Å². The summed E-state index contributed by atoms with van der Waals surface area (Å²) in [5.74, 6) is -1.28. The number of aliphatic carboxylic acids is 1. The summed E-state index contributed by atoms with van der Waals surface area (Å²) < 4.78 is 0. The van der Waals surface area contributed by atoms with Gasteiger partial charge in [0.2, 0.25) is 5.91 Å². The molecule has 0 aliphatic rings. The van der Waals surface area contributed by atoms with E-state index in [0.717, 1.165) is 6.42 Å². The predicted molar refractivity (Wildman–Crippen MR) is 99.1 cm³/mol. The van der Waals surface area contributed by atoms with Crippen molar-refractivity contribution in [3.8, 4) is 0 Å². The second-order valence-corrected chi connectivity index (χ2v) is 6.42. The first-order chi connectivity index (χ1) is 11.7. The quantitative estimate of drug-likeness (QED) is 0.291. The van der Waals surface area contributed by atoms with Crippen molar-refractivity contribution in [3.05, 3.63) is 12.2 Å². The molecule has 1 N–H and O–H groups in total. The van der Waals surface area contributed by atoms with Crippen molar-refractivity contribution in [2.45, 2.75) is 96.8 Å². The Bertz CT molecular complexity index is 340. The van der Waals surface area contributed by atoms with Gasteiger partial charge in [0.05, 0.1) is 13.0 Å². The third-order valence-electron chi connectivity index (χ3n) is 4.07. The molecule has 1 amide bonds. The third-order valence-corrected chi connectivity index (χ3v) is 4.07. The van der Waals surface area contributed by atoms with Crippen LogP contribution in [0.4, 0.5) is 0 Å². The molecule has 0 saturated heterocycles. The Balaban J connectivity index is 3.21. The van der Waals surface area contributed by atoms with Gasteiger partial charge in [0.25, 0.3) is 0 Å². The molecular formula is C20H36NO3. The van der Waals surface area contributed by atoms with Gasteiger partial charge in [-0.1, -0.05) is 83.3 Å². The zero-order valence-electron chi connectivity index (χ0n) is 15.5. The molecule has 4 nitrogen and oxygen atoms in total. The summed E-state index contributed by atoms with van der Waals surface area (Å²) in [6, 6.07) is 0. The van der Waals surface area contributed by atoms with Crippen LogP contribution in [-0.2, 0) is 9.59 Å². The number of rotatable bonds is 17. The molecule has 4 heteroatoms. The number of carbonyl (C=O) groups excluding carboxylic acids is 1. The average Bonchev–Trinajstić information content (AvgIpc) is 2.56. The van der Waals surface area contributed by atoms with Crippen LogP contribution in [0.3, 0.4) is 0 Å². The van der Waals surface area contributed by atoms with E-state index in [-0.39, 0.29) is 18.7 Å². The summed E-state index contributed by atoms with van der Waals surface area (Å²) in [5.41, 5.74) is 0. The van der Waals surface area contributed by atoms with Gasteiger partial charge in [-0.3, -0.25) is 9.59 Å². The SMILES string of the molecule is CCCCCCCCCCCCC/C=C/C[N]C(=O)CCC(=O)O. The van der Waals surface area contributed by atoms with E-state index in [4.69, 9.17) is 5.11 Å². The van der Waals surface area contributed by atoms with Gasteiger partial charge in [-0.25, -0.2) is 5.32 Å². The monoisotopic (exact) mass is 338 g/mol. The van der Waals surface area contributed by atoms with Crippen molar-refractivity contribution < 1.29 is 14.7 Å². The molecule has 0 aliphatic heterocycles. The fraction of sp³-hybridized carbons (Fsp3) is 0.800. The summed E-state index contributed by atoms with van der Waals surface area (Å²) >= 11 is 0. The van der Waals surface area contributed by atoms with Crippen LogP contribution in [0.25, 0.3) is 0 Å². The van der Waals surface area contributed by atoms with Crippen LogP contribution in [0, 0.1) is 0 Å². The highest BCUT2D eigenvalue weighted by Gasteiger charge is 2.04. The van der Waals surface area contributed by atoms with Crippen molar-refractivity contribution in [2.75, 3.05) is 6.54 Å². The number of hydrogen-bond donors (Lipinski definition) is 1. The van der Waals surface area contributed by atoms with Gasteiger partial charge in [0, 0.05) is 6.42 Å². The lowest BCUT2D eigenvalue weighted by Crippen LogP contribution is -2.16. The van der Waals surface area contributed by atoms with Crippen LogP contribution in [0.15, 0.2) is 12.2 Å². The van der Waals surface area contributed by atoms with Gasteiger partial charge < -0.3 is 5.11 Å². The van der Waals surface area contributed by atoms with E-state index in [1.54, 1.807) is 0 Å². The predicted octanol–water partition coefficient (Wildman–Crippen LogP) is 5.24. The number of allylic oxidation sites excluding steroid dienone is 1. The molecule has 0 heterocycles. The second kappa shape index (κ2) is 18.0. The number of nitrogens with zero attached hydrogens (tertiary/aromatic N) is 1. The van der Waals surface area contributed by atoms with Crippen LogP contribution in [-0.4, -0.2) is 23.5 Å². The minimum absolute atomic E-state index is 0.00176. The Morgan fingerprint density at radius 1 is 0.792 bits per heavy atom. The Labute approximate surface area is 148 Å². The standard InChI is InChI=1S/C20H36NO3/c1-2-3-4-5-6-7-8-9-10-11-12-13-14-15-18-21-19(22)16-17-20(23)24/h14-15H,2-13,16-18H2,1H3,(H,23,24)/b15-14+. The molecule has 0 bridgehead atoms. The lowest BCUT2D eigenvalue weighted by molar-refractivity contribution is -0.138. The highest BCUT2D eigenvalue weighted by Crippen LogP contribution is 2.11. The molecule has 0 aromatic heterocycles. The summed E-state index contributed by atoms with van der Waals surface area (Å²) in [5, 5.41) is 12.3. The minimum Gasteiger partial charge on any atom is -0.481 e. The molecule has 0 atom stereocenters. The summed E-state index contributed by atoms with van der Waals surface area (Å²) in [6.45, 7) is 2.63. The van der Waals surface area contributed by atoms with Crippen LogP contribution in [0.5, 0.6) is 0 Å². The van der Waals surface area contributed by atoms with E-state index in [9.17, 15) is 9.59 Å². The smallest absolute Gasteiger partial charge is 0.303 e. The van der Waals surface area contributed by atoms with Crippen molar-refractivity contribution in [2.24, 2.45) is 0 Å². The van der Waals surface area contributed by atoms with Crippen LogP contribution < -0.4 is 5.32 Å². The van der Waals surface area contributed by atoms with E-state index in [1.807, 2.05) is 6.08 Å². The lowest BCUT2D eigenvalue weighted by Gasteiger charge is -2.01. The molecule has 0 unspecified atom stereocenters. The molecule has 0 spiro atoms. The largest absolute Gasteiger partial charge is 0.481 e. The molecule has 0 rings (SSSR count). The first-order valence-electron chi connectivity index (χ1n) is 9.74. The summed E-state index contributed by atoms with van der Waals surface area (Å²) in [4.78, 5) is 21.5. The highest BCUT2D eigenvalue weighted by molar-refractivity contribution is 5.80. The van der Waals surface area contributed by atoms with E-state index >= 15 is 0 Å². The van der Waals surface area contributed by atoms with Crippen molar-refractivity contribution in [1.82, 2.24) is 5.32 Å². The van der Waals surface area contributed by atoms with E-state index in [0.29, 0.717) is 6.54 Å². The fourth-order valence-corrected chi connectivity index (χ4v) is 2.57. The summed E-state index contributed by atoms with van der Waals surface area (Å²) in [6.07, 6.45) is 19.7. The van der Waals surface area contributed by atoms with Crippen LogP contribution in [0.1, 0.15) is 96.8 Å². The number of carboxylic acids is 1. The molecule has 0 fully saturated rings. The Kier molecular flexibility index (Phi) is 17.0. The van der Waals surface area contributed by atoms with Gasteiger partial charge in [-0.15, -0.1) is 0 Å².